The Kier molecular flexibility index (Phi) is 3.20. The summed E-state index contributed by atoms with van der Waals surface area (Å²) in [4.78, 5) is 11.7. The number of rotatable bonds is 4. The first kappa shape index (κ1) is 11.7. The smallest absolute Gasteiger partial charge is 0.350 e. The van der Waals surface area contributed by atoms with Crippen LogP contribution in [0, 0.1) is 17.2 Å². The van der Waals surface area contributed by atoms with Gasteiger partial charge in [-0.3, -0.25) is 0 Å². The van der Waals surface area contributed by atoms with Gasteiger partial charge in [-0.05, 0) is 18.8 Å². The maximum Gasteiger partial charge on any atom is 0.350 e. The Labute approximate surface area is 103 Å². The maximum atomic E-state index is 11.4. The Bertz CT molecular complexity index is 486. The van der Waals surface area contributed by atoms with E-state index in [9.17, 15) is 4.79 Å². The molecule has 1 aliphatic carbocycles. The predicted molar refractivity (Wildman–Crippen MR) is 66.0 cm³/mol. The molecule has 0 aromatic carbocycles. The maximum absolute atomic E-state index is 11.4. The lowest BCUT2D eigenvalue weighted by Crippen LogP contribution is -2.03. The number of nitrogens with one attached hydrogen (secondary N) is 1. The highest BCUT2D eigenvalue weighted by molar-refractivity contribution is 7.18. The third-order valence-corrected chi connectivity index (χ3v) is 3.82. The molecular weight excluding hydrogens is 238 g/mol. The van der Waals surface area contributed by atoms with Gasteiger partial charge in [-0.25, -0.2) is 4.79 Å². The minimum atomic E-state index is -0.497. The molecule has 2 rings (SSSR count). The molecule has 5 nitrogen and oxygen atoms in total. The van der Waals surface area contributed by atoms with E-state index in [4.69, 9.17) is 11.0 Å². The molecule has 0 amide bonds. The van der Waals surface area contributed by atoms with Crippen LogP contribution in [-0.2, 0) is 4.74 Å². The van der Waals surface area contributed by atoms with E-state index in [0.29, 0.717) is 21.4 Å². The fourth-order valence-electron chi connectivity index (χ4n) is 1.48. The molecule has 17 heavy (non-hydrogen) atoms. The molecule has 0 atom stereocenters. The molecule has 0 radical (unpaired) electrons. The molecule has 0 aliphatic heterocycles. The van der Waals surface area contributed by atoms with Crippen LogP contribution in [0.15, 0.2) is 0 Å². The minimum absolute atomic E-state index is 0.211. The lowest BCUT2D eigenvalue weighted by Gasteiger charge is -2.01. The summed E-state index contributed by atoms with van der Waals surface area (Å²) in [6.07, 6.45) is 2.44. The van der Waals surface area contributed by atoms with Crippen LogP contribution in [0.2, 0.25) is 0 Å². The zero-order valence-corrected chi connectivity index (χ0v) is 10.3. The standard InChI is InChI=1S/C11H13N3O2S/c1-16-11(15)9-8(13)7(4-12)10(17-9)14-5-6-2-3-6/h6,14H,2-3,5,13H2,1H3. The molecule has 1 aromatic rings. The first-order chi connectivity index (χ1) is 8.17. The topological polar surface area (TPSA) is 88.1 Å². The summed E-state index contributed by atoms with van der Waals surface area (Å²) in [7, 11) is 1.30. The summed E-state index contributed by atoms with van der Waals surface area (Å²) < 4.78 is 4.62. The number of nitrogens with two attached hydrogens (primary N) is 1. The summed E-state index contributed by atoms with van der Waals surface area (Å²) in [5.41, 5.74) is 6.31. The van der Waals surface area contributed by atoms with Crippen LogP contribution in [0.3, 0.4) is 0 Å². The summed E-state index contributed by atoms with van der Waals surface area (Å²) >= 11 is 1.18. The largest absolute Gasteiger partial charge is 0.465 e. The number of thiophene rings is 1. The third-order valence-electron chi connectivity index (χ3n) is 2.68. The SMILES string of the molecule is COC(=O)c1sc(NCC2CC2)c(C#N)c1N. The second-order valence-corrected chi connectivity index (χ2v) is 5.00. The van der Waals surface area contributed by atoms with Crippen molar-refractivity contribution in [2.75, 3.05) is 24.7 Å². The van der Waals surface area contributed by atoms with E-state index in [1.54, 1.807) is 0 Å². The van der Waals surface area contributed by atoms with Crippen molar-refractivity contribution < 1.29 is 9.53 Å². The number of nitrogens with zero attached hydrogens (tertiary/aromatic N) is 1. The first-order valence-electron chi connectivity index (χ1n) is 5.32. The van der Waals surface area contributed by atoms with Gasteiger partial charge in [-0.2, -0.15) is 5.26 Å². The first-order valence-corrected chi connectivity index (χ1v) is 6.13. The molecule has 6 heteroatoms. The van der Waals surface area contributed by atoms with Crippen molar-refractivity contribution in [1.29, 1.82) is 5.26 Å². The zero-order valence-electron chi connectivity index (χ0n) is 9.45. The van der Waals surface area contributed by atoms with Gasteiger partial charge in [0.05, 0.1) is 12.8 Å². The van der Waals surface area contributed by atoms with Crippen LogP contribution in [-0.4, -0.2) is 19.6 Å². The average molecular weight is 251 g/mol. The summed E-state index contributed by atoms with van der Waals surface area (Å²) in [5, 5.41) is 12.9. The second kappa shape index (κ2) is 4.63. The van der Waals surface area contributed by atoms with Crippen molar-refractivity contribution in [2.45, 2.75) is 12.8 Å². The number of carbonyl (C=O) groups is 1. The number of hydrogen-bond acceptors (Lipinski definition) is 6. The highest BCUT2D eigenvalue weighted by atomic mass is 32.1. The molecule has 3 N–H and O–H groups in total. The van der Waals surface area contributed by atoms with Gasteiger partial charge in [0.2, 0.25) is 0 Å². The molecule has 0 unspecified atom stereocenters. The van der Waals surface area contributed by atoms with Crippen LogP contribution in [0.4, 0.5) is 10.7 Å². The van der Waals surface area contributed by atoms with Gasteiger partial charge < -0.3 is 15.8 Å². The number of carbonyl (C=O) groups excluding carboxylic acids is 1. The lowest BCUT2D eigenvalue weighted by molar-refractivity contribution is 0.0607. The molecule has 1 aromatic heterocycles. The van der Waals surface area contributed by atoms with Gasteiger partial charge in [-0.1, -0.05) is 0 Å². The molecule has 1 heterocycles. The molecule has 0 spiro atoms. The van der Waals surface area contributed by atoms with Crippen LogP contribution in [0.1, 0.15) is 28.1 Å². The minimum Gasteiger partial charge on any atom is -0.465 e. The number of ether oxygens (including phenoxy) is 1. The summed E-state index contributed by atoms with van der Waals surface area (Å²) in [6.45, 7) is 0.829. The van der Waals surface area contributed by atoms with E-state index in [-0.39, 0.29) is 5.69 Å². The highest BCUT2D eigenvalue weighted by Crippen LogP contribution is 2.37. The van der Waals surface area contributed by atoms with E-state index in [1.807, 2.05) is 6.07 Å². The third kappa shape index (κ3) is 2.34. The Morgan fingerprint density at radius 2 is 2.41 bits per heavy atom. The fourth-order valence-corrected chi connectivity index (χ4v) is 2.48. The lowest BCUT2D eigenvalue weighted by atomic mass is 10.2. The van der Waals surface area contributed by atoms with Crippen molar-refractivity contribution in [1.82, 2.24) is 0 Å². The van der Waals surface area contributed by atoms with Crippen molar-refractivity contribution in [3.05, 3.63) is 10.4 Å². The number of methoxy groups -OCH3 is 1. The zero-order chi connectivity index (χ0) is 12.4. The number of nitriles is 1. The van der Waals surface area contributed by atoms with Gasteiger partial charge in [0.15, 0.2) is 0 Å². The van der Waals surface area contributed by atoms with Crippen molar-refractivity contribution in [3.63, 3.8) is 0 Å². The Morgan fingerprint density at radius 3 is 2.94 bits per heavy atom. The number of esters is 1. The van der Waals surface area contributed by atoms with Gasteiger partial charge >= 0.3 is 5.97 Å². The monoisotopic (exact) mass is 251 g/mol. The molecule has 90 valence electrons. The van der Waals surface area contributed by atoms with E-state index in [1.165, 1.54) is 31.3 Å². The van der Waals surface area contributed by atoms with E-state index < -0.39 is 5.97 Å². The summed E-state index contributed by atoms with van der Waals surface area (Å²) in [6, 6.07) is 2.02. The van der Waals surface area contributed by atoms with Gasteiger partial charge in [0.1, 0.15) is 21.5 Å². The van der Waals surface area contributed by atoms with Crippen LogP contribution >= 0.6 is 11.3 Å². The number of anilines is 2. The quantitative estimate of drug-likeness (QED) is 0.797. The van der Waals surface area contributed by atoms with Gasteiger partial charge in [-0.15, -0.1) is 11.3 Å². The van der Waals surface area contributed by atoms with Gasteiger partial charge in [0.25, 0.3) is 0 Å². The molecule has 0 bridgehead atoms. The predicted octanol–water partition coefficient (Wildman–Crippen LogP) is 1.81. The average Bonchev–Trinajstić information content (AvgIpc) is 3.10. The van der Waals surface area contributed by atoms with E-state index >= 15 is 0 Å². The second-order valence-electron chi connectivity index (χ2n) is 3.98. The molecule has 1 aliphatic rings. The Balaban J connectivity index is 2.24. The fraction of sp³-hybridized carbons (Fsp3) is 0.455. The van der Waals surface area contributed by atoms with Crippen molar-refractivity contribution in [3.8, 4) is 6.07 Å². The number of nitrogen functional groups attached to an aromatic ring is 1. The van der Waals surface area contributed by atoms with E-state index in [0.717, 1.165) is 6.54 Å². The molecule has 1 saturated carbocycles. The molecular formula is C11H13N3O2S. The Hall–Kier alpha value is -1.74. The van der Waals surface area contributed by atoms with Crippen LogP contribution in [0.5, 0.6) is 0 Å². The Morgan fingerprint density at radius 1 is 1.71 bits per heavy atom. The highest BCUT2D eigenvalue weighted by Gasteiger charge is 2.24. The van der Waals surface area contributed by atoms with Crippen LogP contribution in [0.25, 0.3) is 0 Å². The molecule has 1 fully saturated rings. The van der Waals surface area contributed by atoms with Crippen molar-refractivity contribution in [2.24, 2.45) is 5.92 Å². The van der Waals surface area contributed by atoms with Gasteiger partial charge in [0, 0.05) is 6.54 Å². The number of hydrogen-bond donors (Lipinski definition) is 2. The summed E-state index contributed by atoms with van der Waals surface area (Å²) in [5.74, 6) is 0.190. The van der Waals surface area contributed by atoms with Crippen molar-refractivity contribution >= 4 is 28.0 Å². The van der Waals surface area contributed by atoms with E-state index in [2.05, 4.69) is 10.1 Å². The normalized spacial score (nSPS) is 14.1. The molecule has 0 saturated heterocycles. The van der Waals surface area contributed by atoms with Crippen LogP contribution < -0.4 is 11.1 Å².